The molecule has 2 heterocycles. The Hall–Kier alpha value is -2.44. The Kier molecular flexibility index (Phi) is 9.02. The summed E-state index contributed by atoms with van der Waals surface area (Å²) < 4.78 is 11.9. The molecule has 0 radical (unpaired) electrons. The number of halogens is 2. The van der Waals surface area contributed by atoms with E-state index in [2.05, 4.69) is 0 Å². The maximum Gasteiger partial charge on any atom is 0.260 e. The summed E-state index contributed by atoms with van der Waals surface area (Å²) in [5, 5.41) is 1.30. The average Bonchev–Trinajstić information content (AvgIpc) is 2.89. The van der Waals surface area contributed by atoms with Gasteiger partial charge in [-0.05, 0) is 87.1 Å². The van der Waals surface area contributed by atoms with Crippen LogP contribution in [0.4, 0.5) is 0 Å². The van der Waals surface area contributed by atoms with Crippen molar-refractivity contribution in [3.63, 3.8) is 0 Å². The van der Waals surface area contributed by atoms with Gasteiger partial charge < -0.3 is 19.3 Å². The highest BCUT2D eigenvalue weighted by atomic mass is 35.5. The van der Waals surface area contributed by atoms with Crippen LogP contribution < -0.4 is 9.47 Å². The molecule has 2 saturated heterocycles. The molecule has 2 aromatic rings. The Labute approximate surface area is 223 Å². The first-order valence-electron chi connectivity index (χ1n) is 12.7. The molecule has 0 saturated carbocycles. The molecule has 0 aliphatic carbocycles. The molecule has 0 N–H and O–H groups in total. The lowest BCUT2D eigenvalue weighted by Crippen LogP contribution is -2.52. The van der Waals surface area contributed by atoms with Crippen LogP contribution in [0.15, 0.2) is 42.5 Å². The summed E-state index contributed by atoms with van der Waals surface area (Å²) in [6.45, 7) is 4.95. The summed E-state index contributed by atoms with van der Waals surface area (Å²) >= 11 is 12.1. The second-order valence-corrected chi connectivity index (χ2v) is 10.8. The van der Waals surface area contributed by atoms with Gasteiger partial charge in [-0.1, -0.05) is 23.2 Å². The quantitative estimate of drug-likeness (QED) is 0.432. The van der Waals surface area contributed by atoms with Gasteiger partial charge in [-0.25, -0.2) is 0 Å². The molecule has 2 aromatic carbocycles. The van der Waals surface area contributed by atoms with Crippen molar-refractivity contribution in [1.82, 2.24) is 9.80 Å². The molecule has 8 heteroatoms. The van der Waals surface area contributed by atoms with Crippen molar-refractivity contribution in [3.05, 3.63) is 58.1 Å². The summed E-state index contributed by atoms with van der Waals surface area (Å²) in [4.78, 5) is 30.2. The predicted octanol–water partition coefficient (Wildman–Crippen LogP) is 5.77. The number of rotatable bonds is 8. The molecule has 2 amide bonds. The van der Waals surface area contributed by atoms with Crippen molar-refractivity contribution in [2.45, 2.75) is 45.4 Å². The van der Waals surface area contributed by atoms with Crippen molar-refractivity contribution < 1.29 is 19.1 Å². The van der Waals surface area contributed by atoms with E-state index in [-0.39, 0.29) is 18.4 Å². The SMILES string of the molecule is Cc1cc(OC[C@@]2(CC(=O)N3CCCCC3)CCCN(C(=O)COc3ccc(Cl)cc3)C2)ccc1Cl. The normalized spacial score (nSPS) is 20.2. The first kappa shape index (κ1) is 26.6. The van der Waals surface area contributed by atoms with Crippen LogP contribution in [0.1, 0.15) is 44.1 Å². The predicted molar refractivity (Wildman–Crippen MR) is 142 cm³/mol. The van der Waals surface area contributed by atoms with Gasteiger partial charge in [0.15, 0.2) is 6.61 Å². The van der Waals surface area contributed by atoms with E-state index in [0.717, 1.165) is 50.1 Å². The fourth-order valence-electron chi connectivity index (χ4n) is 5.02. The molecular formula is C28H34Cl2N2O4. The van der Waals surface area contributed by atoms with Crippen molar-refractivity contribution in [2.24, 2.45) is 5.41 Å². The van der Waals surface area contributed by atoms with Gasteiger partial charge in [0.05, 0.1) is 6.61 Å². The fraction of sp³-hybridized carbons (Fsp3) is 0.500. The van der Waals surface area contributed by atoms with Gasteiger partial charge in [-0.15, -0.1) is 0 Å². The van der Waals surface area contributed by atoms with E-state index in [9.17, 15) is 9.59 Å². The van der Waals surface area contributed by atoms with E-state index in [4.69, 9.17) is 32.7 Å². The lowest BCUT2D eigenvalue weighted by Gasteiger charge is -2.43. The van der Waals surface area contributed by atoms with Crippen LogP contribution in [0.2, 0.25) is 10.0 Å². The monoisotopic (exact) mass is 532 g/mol. The largest absolute Gasteiger partial charge is 0.493 e. The fourth-order valence-corrected chi connectivity index (χ4v) is 5.26. The maximum absolute atomic E-state index is 13.3. The highest BCUT2D eigenvalue weighted by Crippen LogP contribution is 2.36. The van der Waals surface area contributed by atoms with Crippen molar-refractivity contribution in [1.29, 1.82) is 0 Å². The topological polar surface area (TPSA) is 59.1 Å². The molecule has 0 spiro atoms. The molecular weight excluding hydrogens is 499 g/mol. The molecule has 0 unspecified atom stereocenters. The van der Waals surface area contributed by atoms with Gasteiger partial charge in [-0.2, -0.15) is 0 Å². The molecule has 6 nitrogen and oxygen atoms in total. The lowest BCUT2D eigenvalue weighted by atomic mass is 9.77. The minimum Gasteiger partial charge on any atom is -0.493 e. The first-order valence-corrected chi connectivity index (χ1v) is 13.4. The number of aryl methyl sites for hydroxylation is 1. The number of piperidine rings is 2. The van der Waals surface area contributed by atoms with Gasteiger partial charge in [-0.3, -0.25) is 9.59 Å². The molecule has 4 rings (SSSR count). The maximum atomic E-state index is 13.3. The van der Waals surface area contributed by atoms with Crippen LogP contribution in [0.3, 0.4) is 0 Å². The molecule has 2 aliphatic rings. The first-order chi connectivity index (χ1) is 17.3. The third-order valence-electron chi connectivity index (χ3n) is 7.10. The molecule has 36 heavy (non-hydrogen) atoms. The zero-order valence-electron chi connectivity index (χ0n) is 20.8. The number of hydrogen-bond acceptors (Lipinski definition) is 4. The second kappa shape index (κ2) is 12.2. The number of hydrogen-bond donors (Lipinski definition) is 0. The van der Waals surface area contributed by atoms with E-state index >= 15 is 0 Å². The highest BCUT2D eigenvalue weighted by molar-refractivity contribution is 6.31. The second-order valence-electron chi connectivity index (χ2n) is 9.98. The smallest absolute Gasteiger partial charge is 0.260 e. The van der Waals surface area contributed by atoms with Crippen molar-refractivity contribution in [2.75, 3.05) is 39.4 Å². The van der Waals surface area contributed by atoms with Gasteiger partial charge in [0, 0.05) is 48.1 Å². The van der Waals surface area contributed by atoms with Crippen molar-refractivity contribution in [3.8, 4) is 11.5 Å². The van der Waals surface area contributed by atoms with Crippen LogP contribution >= 0.6 is 23.2 Å². The molecule has 0 bridgehead atoms. The number of likely N-dealkylation sites (tertiary alicyclic amines) is 2. The lowest BCUT2D eigenvalue weighted by molar-refractivity contribution is -0.143. The molecule has 194 valence electrons. The number of ether oxygens (including phenoxy) is 2. The Morgan fingerprint density at radius 1 is 0.861 bits per heavy atom. The average molecular weight is 533 g/mol. The Bertz CT molecular complexity index is 1060. The highest BCUT2D eigenvalue weighted by Gasteiger charge is 2.41. The van der Waals surface area contributed by atoms with Gasteiger partial charge in [0.2, 0.25) is 5.91 Å². The number of carbonyl (C=O) groups is 2. The minimum absolute atomic E-state index is 0.0605. The van der Waals surface area contributed by atoms with Crippen LogP contribution in [0.25, 0.3) is 0 Å². The van der Waals surface area contributed by atoms with Crippen LogP contribution in [0, 0.1) is 12.3 Å². The van der Waals surface area contributed by atoms with Gasteiger partial charge in [0.1, 0.15) is 11.5 Å². The van der Waals surface area contributed by atoms with Gasteiger partial charge >= 0.3 is 0 Å². The third-order valence-corrected chi connectivity index (χ3v) is 7.78. The number of nitrogens with zero attached hydrogens (tertiary/aromatic N) is 2. The summed E-state index contributed by atoms with van der Waals surface area (Å²) in [5.74, 6) is 1.37. The molecule has 0 aromatic heterocycles. The van der Waals surface area contributed by atoms with E-state index in [0.29, 0.717) is 41.9 Å². The van der Waals surface area contributed by atoms with Crippen LogP contribution in [0.5, 0.6) is 11.5 Å². The van der Waals surface area contributed by atoms with E-state index in [1.807, 2.05) is 34.9 Å². The Morgan fingerprint density at radius 2 is 1.56 bits per heavy atom. The number of amides is 2. The van der Waals surface area contributed by atoms with E-state index in [1.165, 1.54) is 6.42 Å². The molecule has 2 aliphatic heterocycles. The van der Waals surface area contributed by atoms with E-state index in [1.54, 1.807) is 24.3 Å². The molecule has 1 atom stereocenters. The summed E-state index contributed by atoms with van der Waals surface area (Å²) in [7, 11) is 0. The zero-order valence-corrected chi connectivity index (χ0v) is 22.3. The van der Waals surface area contributed by atoms with Crippen LogP contribution in [-0.2, 0) is 9.59 Å². The van der Waals surface area contributed by atoms with Crippen LogP contribution in [-0.4, -0.2) is 61.0 Å². The Morgan fingerprint density at radius 3 is 2.28 bits per heavy atom. The third kappa shape index (κ3) is 7.07. The molecule has 2 fully saturated rings. The van der Waals surface area contributed by atoms with Crippen molar-refractivity contribution >= 4 is 35.0 Å². The Balaban J connectivity index is 1.45. The van der Waals surface area contributed by atoms with E-state index < -0.39 is 5.41 Å². The summed E-state index contributed by atoms with van der Waals surface area (Å²) in [6, 6.07) is 12.5. The zero-order chi connectivity index (χ0) is 25.5. The summed E-state index contributed by atoms with van der Waals surface area (Å²) in [6.07, 6.45) is 5.26. The standard InChI is InChI=1S/C28H34Cl2N2O4/c1-21-16-24(10-11-25(21)30)36-20-28(17-26(33)31-13-3-2-4-14-31)12-5-15-32(19-28)27(34)18-35-23-8-6-22(29)7-9-23/h6-11,16H,2-5,12-15,17-20H2,1H3/t28-/m1/s1. The number of carbonyl (C=O) groups excluding carboxylic acids is 2. The minimum atomic E-state index is -0.462. The van der Waals surface area contributed by atoms with Gasteiger partial charge in [0.25, 0.3) is 5.91 Å². The summed E-state index contributed by atoms with van der Waals surface area (Å²) in [5.41, 5.74) is 0.475. The number of benzene rings is 2.